The van der Waals surface area contributed by atoms with Crippen LogP contribution in [0.4, 0.5) is 14.5 Å². The zero-order valence-corrected chi connectivity index (χ0v) is 17.4. The molecule has 0 aliphatic heterocycles. The van der Waals surface area contributed by atoms with Crippen LogP contribution in [0.25, 0.3) is 10.8 Å². The number of carbonyl (C=O) groups excluding carboxylic acids is 1. The Morgan fingerprint density at radius 2 is 1.77 bits per heavy atom. The highest BCUT2D eigenvalue weighted by Crippen LogP contribution is 2.39. The molecular weight excluding hydrogens is 426 g/mol. The van der Waals surface area contributed by atoms with Crippen LogP contribution in [0, 0.1) is 11.6 Å². The van der Waals surface area contributed by atoms with E-state index in [1.807, 2.05) is 24.3 Å². The van der Waals surface area contributed by atoms with Crippen LogP contribution in [0.15, 0.2) is 54.6 Å². The molecular formula is C22H20F2N2O4S. The summed E-state index contributed by atoms with van der Waals surface area (Å²) in [5, 5.41) is 4.36. The zero-order valence-electron chi connectivity index (χ0n) is 16.6. The van der Waals surface area contributed by atoms with Gasteiger partial charge in [-0.05, 0) is 31.0 Å². The number of carbonyl (C=O) groups is 1. The molecule has 0 bridgehead atoms. The highest BCUT2D eigenvalue weighted by molar-refractivity contribution is 7.88. The molecule has 1 aliphatic rings. The van der Waals surface area contributed by atoms with Gasteiger partial charge in [0.05, 0.1) is 12.9 Å². The van der Waals surface area contributed by atoms with Crippen molar-refractivity contribution in [1.82, 2.24) is 4.72 Å². The molecule has 0 unspecified atom stereocenters. The van der Waals surface area contributed by atoms with Crippen molar-refractivity contribution >= 4 is 32.4 Å². The van der Waals surface area contributed by atoms with Gasteiger partial charge in [-0.3, -0.25) is 4.79 Å². The number of ether oxygens (including phenoxy) is 1. The van der Waals surface area contributed by atoms with Gasteiger partial charge in [0.1, 0.15) is 22.9 Å². The average molecular weight is 446 g/mol. The Morgan fingerprint density at radius 1 is 1.06 bits per heavy atom. The number of anilines is 1. The summed E-state index contributed by atoms with van der Waals surface area (Å²) in [6.45, 7) is 0. The van der Waals surface area contributed by atoms with Crippen molar-refractivity contribution in [2.45, 2.75) is 24.1 Å². The van der Waals surface area contributed by atoms with Crippen LogP contribution < -0.4 is 14.8 Å². The Balaban J connectivity index is 1.53. The highest BCUT2D eigenvalue weighted by Gasteiger charge is 2.52. The lowest BCUT2D eigenvalue weighted by Gasteiger charge is -2.19. The third kappa shape index (κ3) is 4.38. The van der Waals surface area contributed by atoms with E-state index in [0.717, 1.165) is 22.9 Å². The van der Waals surface area contributed by atoms with Crippen molar-refractivity contribution in [2.24, 2.45) is 0 Å². The van der Waals surface area contributed by atoms with E-state index in [2.05, 4.69) is 10.0 Å². The first-order chi connectivity index (χ1) is 14.7. The van der Waals surface area contributed by atoms with Gasteiger partial charge in [0.2, 0.25) is 15.9 Å². The van der Waals surface area contributed by atoms with Crippen molar-refractivity contribution in [3.63, 3.8) is 0 Å². The van der Waals surface area contributed by atoms with Crippen molar-refractivity contribution in [2.75, 3.05) is 12.4 Å². The molecule has 0 atom stereocenters. The SMILES string of the molecule is COc1ccc(NC(=O)C2(NS(=O)(=O)Cc3ccc(F)cc3F)CC2)c2ccccc12. The molecule has 9 heteroatoms. The first-order valence-electron chi connectivity index (χ1n) is 9.56. The first-order valence-corrected chi connectivity index (χ1v) is 11.2. The predicted octanol–water partition coefficient (Wildman–Crippen LogP) is 3.72. The topological polar surface area (TPSA) is 84.5 Å². The number of fused-ring (bicyclic) bond motifs is 1. The second-order valence-electron chi connectivity index (χ2n) is 7.49. The second-order valence-corrected chi connectivity index (χ2v) is 9.22. The largest absolute Gasteiger partial charge is 0.496 e. The molecule has 3 aromatic carbocycles. The lowest BCUT2D eigenvalue weighted by molar-refractivity contribution is -0.118. The maximum atomic E-state index is 13.9. The van der Waals surface area contributed by atoms with Crippen molar-refractivity contribution < 1.29 is 26.7 Å². The number of hydrogen-bond donors (Lipinski definition) is 2. The molecule has 1 amide bonds. The van der Waals surface area contributed by atoms with E-state index in [1.165, 1.54) is 0 Å². The number of halogens is 2. The maximum Gasteiger partial charge on any atom is 0.245 e. The van der Waals surface area contributed by atoms with E-state index in [-0.39, 0.29) is 5.56 Å². The van der Waals surface area contributed by atoms with E-state index in [0.29, 0.717) is 30.3 Å². The quantitative estimate of drug-likeness (QED) is 0.580. The summed E-state index contributed by atoms with van der Waals surface area (Å²) in [7, 11) is -2.50. The Labute approximate surface area is 178 Å². The monoisotopic (exact) mass is 446 g/mol. The summed E-state index contributed by atoms with van der Waals surface area (Å²) in [4.78, 5) is 12.9. The Hall–Kier alpha value is -3.04. The van der Waals surface area contributed by atoms with Crippen molar-refractivity contribution in [1.29, 1.82) is 0 Å². The van der Waals surface area contributed by atoms with Gasteiger partial charge in [-0.25, -0.2) is 17.2 Å². The number of methoxy groups -OCH3 is 1. The van der Waals surface area contributed by atoms with Crippen LogP contribution in [0.3, 0.4) is 0 Å². The standard InChI is InChI=1S/C22H20F2N2O4S/c1-30-20-9-8-19(16-4-2-3-5-17(16)20)25-21(27)22(10-11-22)26-31(28,29)13-14-6-7-15(23)12-18(14)24/h2-9,12,26H,10-11,13H2,1H3,(H,25,27). The summed E-state index contributed by atoms with van der Waals surface area (Å²) in [6.07, 6.45) is 0.635. The molecule has 1 aliphatic carbocycles. The lowest BCUT2D eigenvalue weighted by atomic mass is 10.1. The van der Waals surface area contributed by atoms with E-state index >= 15 is 0 Å². The van der Waals surface area contributed by atoms with Crippen LogP contribution in [-0.2, 0) is 20.6 Å². The van der Waals surface area contributed by atoms with E-state index in [4.69, 9.17) is 4.74 Å². The van der Waals surface area contributed by atoms with E-state index < -0.39 is 38.9 Å². The number of sulfonamides is 1. The molecule has 6 nitrogen and oxygen atoms in total. The number of benzene rings is 3. The zero-order chi connectivity index (χ0) is 22.2. The number of amides is 1. The molecule has 31 heavy (non-hydrogen) atoms. The highest BCUT2D eigenvalue weighted by atomic mass is 32.2. The normalized spacial score (nSPS) is 14.9. The first kappa shape index (κ1) is 21.2. The van der Waals surface area contributed by atoms with Crippen LogP contribution in [0.1, 0.15) is 18.4 Å². The van der Waals surface area contributed by atoms with Crippen molar-refractivity contribution in [3.05, 3.63) is 71.8 Å². The smallest absolute Gasteiger partial charge is 0.245 e. The maximum absolute atomic E-state index is 13.9. The van der Waals surface area contributed by atoms with Crippen LogP contribution >= 0.6 is 0 Å². The molecule has 1 fully saturated rings. The minimum atomic E-state index is -4.05. The fourth-order valence-electron chi connectivity index (χ4n) is 3.48. The lowest BCUT2D eigenvalue weighted by Crippen LogP contribution is -2.46. The van der Waals surface area contributed by atoms with E-state index in [1.54, 1.807) is 19.2 Å². The number of hydrogen-bond acceptors (Lipinski definition) is 4. The van der Waals surface area contributed by atoms with Gasteiger partial charge in [-0.2, -0.15) is 4.72 Å². The summed E-state index contributed by atoms with van der Waals surface area (Å²) in [5.41, 5.74) is -0.946. The molecule has 0 spiro atoms. The fraction of sp³-hybridized carbons (Fsp3) is 0.227. The minimum absolute atomic E-state index is 0.175. The minimum Gasteiger partial charge on any atom is -0.496 e. The van der Waals surface area contributed by atoms with Crippen LogP contribution in [0.2, 0.25) is 0 Å². The van der Waals surface area contributed by atoms with E-state index in [9.17, 15) is 22.0 Å². The molecule has 4 rings (SSSR count). The summed E-state index contributed by atoms with van der Waals surface area (Å²) in [6, 6.07) is 13.5. The molecule has 0 aromatic heterocycles. The van der Waals surface area contributed by atoms with Crippen LogP contribution in [-0.4, -0.2) is 27.0 Å². The molecule has 1 saturated carbocycles. The van der Waals surface area contributed by atoms with Gasteiger partial charge in [0, 0.05) is 28.1 Å². The third-order valence-electron chi connectivity index (χ3n) is 5.25. The van der Waals surface area contributed by atoms with Gasteiger partial charge in [0.25, 0.3) is 0 Å². The summed E-state index contributed by atoms with van der Waals surface area (Å²) >= 11 is 0. The Bertz CT molecular complexity index is 1270. The van der Waals surface area contributed by atoms with Crippen LogP contribution in [0.5, 0.6) is 5.75 Å². The molecule has 0 saturated heterocycles. The summed E-state index contributed by atoms with van der Waals surface area (Å²) in [5.74, 6) is -2.29. The molecule has 3 aromatic rings. The molecule has 0 heterocycles. The van der Waals surface area contributed by atoms with Gasteiger partial charge >= 0.3 is 0 Å². The van der Waals surface area contributed by atoms with Gasteiger partial charge in [-0.1, -0.05) is 30.3 Å². The fourth-order valence-corrected chi connectivity index (χ4v) is 5.09. The van der Waals surface area contributed by atoms with Crippen molar-refractivity contribution in [3.8, 4) is 5.75 Å². The predicted molar refractivity (Wildman–Crippen MR) is 113 cm³/mol. The van der Waals surface area contributed by atoms with Gasteiger partial charge in [-0.15, -0.1) is 0 Å². The molecule has 0 radical (unpaired) electrons. The third-order valence-corrected chi connectivity index (χ3v) is 6.64. The number of nitrogens with one attached hydrogen (secondary N) is 2. The van der Waals surface area contributed by atoms with Gasteiger partial charge < -0.3 is 10.1 Å². The molecule has 2 N–H and O–H groups in total. The summed E-state index contributed by atoms with van der Waals surface area (Å²) < 4.78 is 59.8. The van der Waals surface area contributed by atoms with Gasteiger partial charge in [0.15, 0.2) is 0 Å². The Kier molecular flexibility index (Phi) is 5.40. The second kappa shape index (κ2) is 7.90. The average Bonchev–Trinajstić information content (AvgIpc) is 3.50. The molecule has 162 valence electrons. The number of rotatable bonds is 7. The Morgan fingerprint density at radius 3 is 2.42 bits per heavy atom.